The van der Waals surface area contributed by atoms with E-state index in [0.29, 0.717) is 0 Å². The fourth-order valence-corrected chi connectivity index (χ4v) is 0.303. The summed E-state index contributed by atoms with van der Waals surface area (Å²) in [5.74, 6) is -0.823. The van der Waals surface area contributed by atoms with E-state index in [-0.39, 0.29) is 0 Å². The van der Waals surface area contributed by atoms with Crippen LogP contribution in [0.15, 0.2) is 0 Å². The Morgan fingerprint density at radius 1 is 1.67 bits per heavy atom. The Kier molecular flexibility index (Phi) is 3.15. The molecule has 0 aliphatic carbocycles. The molecule has 5 nitrogen and oxygen atoms in total. The van der Waals surface area contributed by atoms with Gasteiger partial charge in [-0.25, -0.2) is 0 Å². The van der Waals surface area contributed by atoms with E-state index in [0.717, 1.165) is 0 Å². The third-order valence-electron chi connectivity index (χ3n) is 0.930. The Bertz CT molecular complexity index is 106. The summed E-state index contributed by atoms with van der Waals surface area (Å²) in [6.07, 6.45) is -1.25. The highest BCUT2D eigenvalue weighted by Gasteiger charge is 2.18. The molecule has 5 heteroatoms. The molecule has 0 aromatic rings. The van der Waals surface area contributed by atoms with Crippen molar-refractivity contribution in [2.75, 3.05) is 6.61 Å². The summed E-state index contributed by atoms with van der Waals surface area (Å²) >= 11 is 0. The van der Waals surface area contributed by atoms with E-state index < -0.39 is 24.7 Å². The summed E-state index contributed by atoms with van der Waals surface area (Å²) in [7, 11) is 0. The van der Waals surface area contributed by atoms with Crippen molar-refractivity contribution in [1.82, 2.24) is 0 Å². The number of aliphatic hydroxyl groups is 2. The van der Waals surface area contributed by atoms with Crippen LogP contribution in [-0.4, -0.2) is 34.9 Å². The molecule has 0 aliphatic rings. The maximum Gasteiger partial charge on any atom is 0.237 e. The monoisotopic (exact) mass is 134 g/mol. The lowest BCUT2D eigenvalue weighted by Crippen LogP contribution is -2.47. The molecule has 0 saturated heterocycles. The number of hydrogen-bond acceptors (Lipinski definition) is 4. The van der Waals surface area contributed by atoms with Gasteiger partial charge in [-0.2, -0.15) is 0 Å². The number of hydrogen-bond donors (Lipinski definition) is 4. The second-order valence-corrected chi connectivity index (χ2v) is 1.68. The first-order chi connectivity index (χ1) is 4.09. The van der Waals surface area contributed by atoms with E-state index in [9.17, 15) is 4.79 Å². The molecule has 0 spiro atoms. The normalized spacial score (nSPS) is 16.8. The number of rotatable bonds is 3. The third kappa shape index (κ3) is 2.41. The molecule has 0 fully saturated rings. The molecule has 54 valence electrons. The van der Waals surface area contributed by atoms with Crippen LogP contribution in [0.2, 0.25) is 0 Å². The van der Waals surface area contributed by atoms with Crippen LogP contribution < -0.4 is 11.5 Å². The molecule has 0 aromatic heterocycles. The molecule has 0 saturated carbocycles. The average molecular weight is 134 g/mol. The minimum Gasteiger partial charge on any atom is -0.394 e. The first-order valence-corrected chi connectivity index (χ1v) is 2.43. The van der Waals surface area contributed by atoms with Crippen molar-refractivity contribution >= 4 is 5.91 Å². The highest BCUT2D eigenvalue weighted by molar-refractivity contribution is 5.80. The molecule has 0 heterocycles. The Morgan fingerprint density at radius 3 is 2.22 bits per heavy atom. The number of amides is 1. The van der Waals surface area contributed by atoms with Crippen LogP contribution in [-0.2, 0) is 4.79 Å². The predicted molar refractivity (Wildman–Crippen MR) is 30.3 cm³/mol. The maximum atomic E-state index is 10.1. The minimum absolute atomic E-state index is 0.551. The van der Waals surface area contributed by atoms with E-state index in [1.54, 1.807) is 0 Å². The fraction of sp³-hybridized carbons (Fsp3) is 0.750. The van der Waals surface area contributed by atoms with Gasteiger partial charge in [0.15, 0.2) is 0 Å². The molecule has 0 rings (SSSR count). The number of primary amides is 1. The van der Waals surface area contributed by atoms with Gasteiger partial charge in [0, 0.05) is 0 Å². The smallest absolute Gasteiger partial charge is 0.237 e. The van der Waals surface area contributed by atoms with Gasteiger partial charge in [0.25, 0.3) is 0 Å². The van der Waals surface area contributed by atoms with Gasteiger partial charge in [-0.05, 0) is 0 Å². The molecule has 0 aromatic carbocycles. The van der Waals surface area contributed by atoms with Gasteiger partial charge >= 0.3 is 0 Å². The summed E-state index contributed by atoms with van der Waals surface area (Å²) in [4.78, 5) is 10.1. The molecule has 0 bridgehead atoms. The van der Waals surface area contributed by atoms with Crippen molar-refractivity contribution in [2.24, 2.45) is 11.5 Å². The second-order valence-electron chi connectivity index (χ2n) is 1.68. The zero-order valence-electron chi connectivity index (χ0n) is 4.82. The first-order valence-electron chi connectivity index (χ1n) is 2.43. The standard InChI is InChI=1S/C4H10N2O3/c5-3(4(6)9)2(8)1-7/h2-3,7-8H,1,5H2,(H2,6,9). The van der Waals surface area contributed by atoms with Gasteiger partial charge in [0.05, 0.1) is 6.61 Å². The van der Waals surface area contributed by atoms with Crippen LogP contribution in [0.4, 0.5) is 0 Å². The van der Waals surface area contributed by atoms with Crippen molar-refractivity contribution in [3.05, 3.63) is 0 Å². The Labute approximate surface area is 52.3 Å². The maximum absolute atomic E-state index is 10.1. The molecule has 2 unspecified atom stereocenters. The quantitative estimate of drug-likeness (QED) is 0.333. The Hall–Kier alpha value is -0.650. The van der Waals surface area contributed by atoms with E-state index in [4.69, 9.17) is 15.9 Å². The lowest BCUT2D eigenvalue weighted by molar-refractivity contribution is -0.122. The first kappa shape index (κ1) is 8.35. The zero-order valence-corrected chi connectivity index (χ0v) is 4.82. The number of aliphatic hydroxyl groups excluding tert-OH is 2. The van der Waals surface area contributed by atoms with E-state index >= 15 is 0 Å². The third-order valence-corrected chi connectivity index (χ3v) is 0.930. The van der Waals surface area contributed by atoms with Crippen molar-refractivity contribution in [2.45, 2.75) is 12.1 Å². The van der Waals surface area contributed by atoms with Crippen molar-refractivity contribution in [3.63, 3.8) is 0 Å². The van der Waals surface area contributed by atoms with Crippen LogP contribution in [0.25, 0.3) is 0 Å². The summed E-state index contributed by atoms with van der Waals surface area (Å²) in [5, 5.41) is 16.8. The largest absolute Gasteiger partial charge is 0.394 e. The van der Waals surface area contributed by atoms with E-state index in [1.165, 1.54) is 0 Å². The highest BCUT2D eigenvalue weighted by Crippen LogP contribution is 1.85. The van der Waals surface area contributed by atoms with Gasteiger partial charge in [0.2, 0.25) is 5.91 Å². The average Bonchev–Trinajstić information content (AvgIpc) is 1.84. The molecular weight excluding hydrogens is 124 g/mol. The van der Waals surface area contributed by atoms with Crippen LogP contribution in [0, 0.1) is 0 Å². The fourth-order valence-electron chi connectivity index (χ4n) is 0.303. The Morgan fingerprint density at radius 2 is 2.11 bits per heavy atom. The van der Waals surface area contributed by atoms with Crippen LogP contribution in [0.3, 0.4) is 0 Å². The predicted octanol–water partition coefficient (Wildman–Crippen LogP) is -2.85. The number of nitrogens with two attached hydrogens (primary N) is 2. The Balaban J connectivity index is 3.72. The van der Waals surface area contributed by atoms with E-state index in [2.05, 4.69) is 5.73 Å². The lowest BCUT2D eigenvalue weighted by Gasteiger charge is -2.11. The second kappa shape index (κ2) is 3.39. The van der Waals surface area contributed by atoms with E-state index in [1.807, 2.05) is 0 Å². The summed E-state index contributed by atoms with van der Waals surface area (Å²) in [5.41, 5.74) is 9.66. The molecule has 1 amide bonds. The van der Waals surface area contributed by atoms with Crippen LogP contribution in [0.1, 0.15) is 0 Å². The highest BCUT2D eigenvalue weighted by atomic mass is 16.3. The van der Waals surface area contributed by atoms with Crippen molar-refractivity contribution in [3.8, 4) is 0 Å². The van der Waals surface area contributed by atoms with Gasteiger partial charge in [-0.1, -0.05) is 0 Å². The van der Waals surface area contributed by atoms with Gasteiger partial charge < -0.3 is 21.7 Å². The summed E-state index contributed by atoms with van der Waals surface area (Å²) in [6.45, 7) is -0.551. The minimum atomic E-state index is -1.25. The SMILES string of the molecule is NC(=O)C(N)C(O)CO. The zero-order chi connectivity index (χ0) is 7.44. The number of carbonyl (C=O) groups excluding carboxylic acids is 1. The molecule has 6 N–H and O–H groups in total. The summed E-state index contributed by atoms with van der Waals surface area (Å²) < 4.78 is 0. The van der Waals surface area contributed by atoms with Crippen molar-refractivity contribution < 1.29 is 15.0 Å². The molecule has 0 radical (unpaired) electrons. The number of carbonyl (C=O) groups is 1. The van der Waals surface area contributed by atoms with Crippen LogP contribution >= 0.6 is 0 Å². The van der Waals surface area contributed by atoms with Crippen LogP contribution in [0.5, 0.6) is 0 Å². The molecular formula is C4H10N2O3. The molecule has 2 atom stereocenters. The molecule has 0 aliphatic heterocycles. The van der Waals surface area contributed by atoms with Crippen molar-refractivity contribution in [1.29, 1.82) is 0 Å². The van der Waals surface area contributed by atoms with Gasteiger partial charge in [-0.15, -0.1) is 0 Å². The summed E-state index contributed by atoms with van der Waals surface area (Å²) in [6, 6.07) is -1.17. The van der Waals surface area contributed by atoms with Gasteiger partial charge in [-0.3, -0.25) is 4.79 Å². The topological polar surface area (TPSA) is 110 Å². The lowest BCUT2D eigenvalue weighted by atomic mass is 10.2. The van der Waals surface area contributed by atoms with Gasteiger partial charge in [0.1, 0.15) is 12.1 Å². The molecule has 9 heavy (non-hydrogen) atoms.